The molecule has 19 heavy (non-hydrogen) atoms. The molecule has 1 N–H and O–H groups in total. The molecule has 1 atom stereocenters. The number of alkyl carbamates (subject to hydrolysis) is 1. The molecule has 0 heterocycles. The van der Waals surface area contributed by atoms with Crippen molar-refractivity contribution >= 4 is 22.0 Å². The largest absolute Gasteiger partial charge is 0.444 e. The summed E-state index contributed by atoms with van der Waals surface area (Å²) < 4.78 is 18.4. The van der Waals surface area contributed by atoms with E-state index in [1.54, 1.807) is 32.9 Å². The summed E-state index contributed by atoms with van der Waals surface area (Å²) in [6.07, 6.45) is 0.158. The summed E-state index contributed by atoms with van der Waals surface area (Å²) in [4.78, 5) is 11.8. The first kappa shape index (κ1) is 16.0. The highest BCUT2D eigenvalue weighted by molar-refractivity contribution is 9.09. The monoisotopic (exact) mass is 331 g/mol. The molecule has 1 aromatic carbocycles. The van der Waals surface area contributed by atoms with Crippen LogP contribution in [0.2, 0.25) is 0 Å². The summed E-state index contributed by atoms with van der Waals surface area (Å²) >= 11 is 3.33. The van der Waals surface area contributed by atoms with Crippen LogP contribution in [0, 0.1) is 5.82 Å². The lowest BCUT2D eigenvalue weighted by atomic mass is 10.0. The Morgan fingerprint density at radius 3 is 2.68 bits per heavy atom. The number of ether oxygens (including phenoxy) is 1. The summed E-state index contributed by atoms with van der Waals surface area (Å²) in [6.45, 7) is 5.40. The van der Waals surface area contributed by atoms with Crippen LogP contribution in [0.4, 0.5) is 9.18 Å². The third kappa shape index (κ3) is 6.05. The third-order valence-corrected chi connectivity index (χ3v) is 2.80. The number of hydrogen-bond donors (Lipinski definition) is 1. The van der Waals surface area contributed by atoms with Gasteiger partial charge in [0, 0.05) is 5.33 Å². The zero-order valence-electron chi connectivity index (χ0n) is 11.4. The quantitative estimate of drug-likeness (QED) is 0.840. The first-order chi connectivity index (χ1) is 8.81. The highest BCUT2D eigenvalue weighted by atomic mass is 79.9. The van der Waals surface area contributed by atoms with Gasteiger partial charge in [0.25, 0.3) is 0 Å². The van der Waals surface area contributed by atoms with Crippen molar-refractivity contribution in [1.82, 2.24) is 5.32 Å². The van der Waals surface area contributed by atoms with Gasteiger partial charge in [-0.2, -0.15) is 0 Å². The van der Waals surface area contributed by atoms with Gasteiger partial charge in [-0.15, -0.1) is 0 Å². The Kier molecular flexibility index (Phi) is 5.79. The molecule has 0 aliphatic rings. The molecule has 3 nitrogen and oxygen atoms in total. The van der Waals surface area contributed by atoms with Crippen LogP contribution in [0.25, 0.3) is 0 Å². The zero-order valence-corrected chi connectivity index (χ0v) is 13.0. The average molecular weight is 332 g/mol. The Morgan fingerprint density at radius 1 is 1.47 bits per heavy atom. The van der Waals surface area contributed by atoms with E-state index in [-0.39, 0.29) is 11.9 Å². The standard InChI is InChI=1S/C14H19BrFNO2/c1-14(2,3)19-13(18)17-12(7-8-15)10-5-4-6-11(16)9-10/h4-6,9,12H,7-8H2,1-3H3,(H,17,18). The molecular weight excluding hydrogens is 313 g/mol. The molecule has 0 saturated carbocycles. The Labute approximate surface area is 121 Å². The number of halogens is 2. The second kappa shape index (κ2) is 6.89. The lowest BCUT2D eigenvalue weighted by molar-refractivity contribution is 0.0502. The van der Waals surface area contributed by atoms with Crippen LogP contribution in [-0.4, -0.2) is 17.0 Å². The molecule has 0 spiro atoms. The molecule has 0 fully saturated rings. The molecule has 0 aliphatic heterocycles. The van der Waals surface area contributed by atoms with Crippen LogP contribution in [0.3, 0.4) is 0 Å². The predicted octanol–water partition coefficient (Wildman–Crippen LogP) is 4.18. The van der Waals surface area contributed by atoms with Gasteiger partial charge in [0.2, 0.25) is 0 Å². The maximum atomic E-state index is 13.2. The minimum atomic E-state index is -0.551. The van der Waals surface area contributed by atoms with E-state index in [9.17, 15) is 9.18 Å². The summed E-state index contributed by atoms with van der Waals surface area (Å²) in [5, 5.41) is 3.46. The van der Waals surface area contributed by atoms with Crippen LogP contribution < -0.4 is 5.32 Å². The van der Waals surface area contributed by atoms with Gasteiger partial charge >= 0.3 is 6.09 Å². The van der Waals surface area contributed by atoms with Gasteiger partial charge in [0.05, 0.1) is 6.04 Å². The number of carbonyl (C=O) groups is 1. The molecule has 106 valence electrons. The Balaban J connectivity index is 2.76. The van der Waals surface area contributed by atoms with E-state index in [0.29, 0.717) is 11.8 Å². The van der Waals surface area contributed by atoms with Gasteiger partial charge in [0.15, 0.2) is 0 Å². The number of amides is 1. The number of alkyl halides is 1. The summed E-state index contributed by atoms with van der Waals surface area (Å²) in [5.74, 6) is -0.317. The fraction of sp³-hybridized carbons (Fsp3) is 0.500. The van der Waals surface area contributed by atoms with E-state index in [4.69, 9.17) is 4.74 Å². The molecule has 0 radical (unpaired) electrons. The van der Waals surface area contributed by atoms with Gasteiger partial charge in [-0.25, -0.2) is 9.18 Å². The average Bonchev–Trinajstić information content (AvgIpc) is 2.26. The minimum Gasteiger partial charge on any atom is -0.444 e. The molecule has 1 aromatic rings. The number of benzene rings is 1. The second-order valence-corrected chi connectivity index (χ2v) is 6.02. The zero-order chi connectivity index (χ0) is 14.5. The number of rotatable bonds is 4. The van der Waals surface area contributed by atoms with Crippen molar-refractivity contribution in [3.63, 3.8) is 0 Å². The van der Waals surface area contributed by atoms with Crippen LogP contribution >= 0.6 is 15.9 Å². The number of nitrogens with one attached hydrogen (secondary N) is 1. The van der Waals surface area contributed by atoms with E-state index in [0.717, 1.165) is 5.56 Å². The van der Waals surface area contributed by atoms with Crippen LogP contribution in [-0.2, 0) is 4.74 Å². The molecule has 1 rings (SSSR count). The summed E-state index contributed by atoms with van der Waals surface area (Å²) in [6, 6.07) is 5.94. The van der Waals surface area contributed by atoms with Crippen molar-refractivity contribution in [2.45, 2.75) is 38.8 Å². The minimum absolute atomic E-state index is 0.273. The van der Waals surface area contributed by atoms with E-state index in [1.807, 2.05) is 0 Å². The Hall–Kier alpha value is -1.10. The molecule has 1 unspecified atom stereocenters. The highest BCUT2D eigenvalue weighted by Gasteiger charge is 2.20. The first-order valence-electron chi connectivity index (χ1n) is 6.13. The lowest BCUT2D eigenvalue weighted by Crippen LogP contribution is -2.35. The predicted molar refractivity (Wildman–Crippen MR) is 76.9 cm³/mol. The maximum Gasteiger partial charge on any atom is 0.408 e. The van der Waals surface area contributed by atoms with Crippen molar-refractivity contribution in [3.05, 3.63) is 35.6 Å². The van der Waals surface area contributed by atoms with Crippen molar-refractivity contribution in [2.24, 2.45) is 0 Å². The van der Waals surface area contributed by atoms with Crippen LogP contribution in [0.15, 0.2) is 24.3 Å². The molecule has 0 aliphatic carbocycles. The van der Waals surface area contributed by atoms with Crippen molar-refractivity contribution < 1.29 is 13.9 Å². The van der Waals surface area contributed by atoms with Crippen molar-refractivity contribution in [1.29, 1.82) is 0 Å². The van der Waals surface area contributed by atoms with Gasteiger partial charge in [-0.1, -0.05) is 28.1 Å². The smallest absolute Gasteiger partial charge is 0.408 e. The van der Waals surface area contributed by atoms with Crippen LogP contribution in [0.5, 0.6) is 0 Å². The molecular formula is C14H19BrFNO2. The van der Waals surface area contributed by atoms with Gasteiger partial charge in [-0.05, 0) is 44.9 Å². The Morgan fingerprint density at radius 2 is 2.16 bits per heavy atom. The number of hydrogen-bond acceptors (Lipinski definition) is 2. The lowest BCUT2D eigenvalue weighted by Gasteiger charge is -2.23. The Bertz CT molecular complexity index is 432. The van der Waals surface area contributed by atoms with Gasteiger partial charge in [0.1, 0.15) is 11.4 Å². The maximum absolute atomic E-state index is 13.2. The van der Waals surface area contributed by atoms with E-state index >= 15 is 0 Å². The summed E-state index contributed by atoms with van der Waals surface area (Å²) in [7, 11) is 0. The fourth-order valence-electron chi connectivity index (χ4n) is 1.60. The van der Waals surface area contributed by atoms with Gasteiger partial charge in [-0.3, -0.25) is 0 Å². The summed E-state index contributed by atoms with van der Waals surface area (Å²) in [5.41, 5.74) is 0.177. The van der Waals surface area contributed by atoms with E-state index in [1.165, 1.54) is 12.1 Å². The third-order valence-electron chi connectivity index (χ3n) is 2.34. The molecule has 0 saturated heterocycles. The molecule has 5 heteroatoms. The van der Waals surface area contributed by atoms with Crippen molar-refractivity contribution in [2.75, 3.05) is 5.33 Å². The fourth-order valence-corrected chi connectivity index (χ4v) is 2.06. The second-order valence-electron chi connectivity index (χ2n) is 5.23. The topological polar surface area (TPSA) is 38.3 Å². The first-order valence-corrected chi connectivity index (χ1v) is 7.25. The number of carbonyl (C=O) groups excluding carboxylic acids is 1. The highest BCUT2D eigenvalue weighted by Crippen LogP contribution is 2.19. The van der Waals surface area contributed by atoms with Crippen molar-refractivity contribution in [3.8, 4) is 0 Å². The SMILES string of the molecule is CC(C)(C)OC(=O)NC(CCBr)c1cccc(F)c1. The van der Waals surface area contributed by atoms with E-state index in [2.05, 4.69) is 21.2 Å². The normalized spacial score (nSPS) is 12.9. The van der Waals surface area contributed by atoms with Crippen LogP contribution in [0.1, 0.15) is 38.8 Å². The van der Waals surface area contributed by atoms with E-state index < -0.39 is 11.7 Å². The molecule has 0 bridgehead atoms. The van der Waals surface area contributed by atoms with Gasteiger partial charge < -0.3 is 10.1 Å². The molecule has 1 amide bonds. The molecule has 0 aromatic heterocycles.